The van der Waals surface area contributed by atoms with E-state index in [2.05, 4.69) is 10.4 Å². The lowest BCUT2D eigenvalue weighted by Crippen LogP contribution is -2.46. The van der Waals surface area contributed by atoms with Crippen LogP contribution in [-0.4, -0.2) is 32.9 Å². The number of nitrogens with zero attached hydrogens (tertiary/aromatic N) is 2. The first kappa shape index (κ1) is 17.0. The van der Waals surface area contributed by atoms with Crippen molar-refractivity contribution in [3.05, 3.63) is 47.8 Å². The van der Waals surface area contributed by atoms with Gasteiger partial charge in [0.2, 0.25) is 0 Å². The molecule has 0 spiro atoms. The summed E-state index contributed by atoms with van der Waals surface area (Å²) in [5, 5.41) is 15.3. The average Bonchev–Trinajstić information content (AvgIpc) is 2.97. The van der Waals surface area contributed by atoms with Crippen LogP contribution in [0.5, 0.6) is 0 Å². The number of alkyl halides is 3. The van der Waals surface area contributed by atoms with Crippen LogP contribution in [0.2, 0.25) is 0 Å². The maximum atomic E-state index is 12.6. The summed E-state index contributed by atoms with van der Waals surface area (Å²) in [7, 11) is 0. The van der Waals surface area contributed by atoms with E-state index < -0.39 is 23.3 Å². The van der Waals surface area contributed by atoms with Gasteiger partial charge < -0.3 is 10.4 Å². The van der Waals surface area contributed by atoms with Gasteiger partial charge in [0.15, 0.2) is 5.69 Å². The Morgan fingerprint density at radius 2 is 2.00 bits per heavy atom. The quantitative estimate of drug-likeness (QED) is 0.906. The number of aliphatic hydroxyl groups is 1. The van der Waals surface area contributed by atoms with Crippen LogP contribution in [0.1, 0.15) is 29.9 Å². The molecular formula is C15H16F3N3O2. The van der Waals surface area contributed by atoms with Gasteiger partial charge in [-0.15, -0.1) is 0 Å². The first-order valence-corrected chi connectivity index (χ1v) is 6.79. The lowest BCUT2D eigenvalue weighted by Gasteiger charge is -2.23. The lowest BCUT2D eigenvalue weighted by atomic mass is 10.1. The summed E-state index contributed by atoms with van der Waals surface area (Å²) in [6, 6.07) is 6.91. The van der Waals surface area contributed by atoms with Crippen LogP contribution in [-0.2, 0) is 6.18 Å². The van der Waals surface area contributed by atoms with Crippen molar-refractivity contribution in [3.8, 4) is 5.69 Å². The van der Waals surface area contributed by atoms with Crippen molar-refractivity contribution in [1.82, 2.24) is 15.1 Å². The number of nitrogens with one attached hydrogen (secondary N) is 1. The van der Waals surface area contributed by atoms with Gasteiger partial charge in [-0.25, -0.2) is 4.68 Å². The number of amides is 1. The van der Waals surface area contributed by atoms with E-state index in [0.717, 1.165) is 10.7 Å². The third kappa shape index (κ3) is 4.10. The molecule has 0 saturated carbocycles. The molecule has 0 atom stereocenters. The smallest absolute Gasteiger partial charge is 0.394 e. The van der Waals surface area contributed by atoms with Crippen molar-refractivity contribution in [2.75, 3.05) is 6.61 Å². The monoisotopic (exact) mass is 327 g/mol. The van der Waals surface area contributed by atoms with E-state index in [1.54, 1.807) is 26.0 Å². The van der Waals surface area contributed by atoms with Crippen LogP contribution >= 0.6 is 0 Å². The summed E-state index contributed by atoms with van der Waals surface area (Å²) in [6.07, 6.45) is -3.34. The third-order valence-corrected chi connectivity index (χ3v) is 3.10. The van der Waals surface area contributed by atoms with Crippen molar-refractivity contribution >= 4 is 5.91 Å². The molecule has 0 bridgehead atoms. The minimum Gasteiger partial charge on any atom is -0.394 e. The Morgan fingerprint density at radius 1 is 1.30 bits per heavy atom. The number of aliphatic hydroxyl groups excluding tert-OH is 1. The van der Waals surface area contributed by atoms with Gasteiger partial charge >= 0.3 is 6.18 Å². The van der Waals surface area contributed by atoms with E-state index in [4.69, 9.17) is 5.11 Å². The van der Waals surface area contributed by atoms with Crippen LogP contribution in [0.25, 0.3) is 5.69 Å². The van der Waals surface area contributed by atoms with Gasteiger partial charge in [0.25, 0.3) is 5.91 Å². The predicted octanol–water partition coefficient (Wildman–Crippen LogP) is 2.39. The van der Waals surface area contributed by atoms with Crippen molar-refractivity contribution in [2.45, 2.75) is 25.6 Å². The zero-order valence-electron chi connectivity index (χ0n) is 12.6. The molecule has 1 aromatic carbocycles. The number of hydrogen-bond acceptors (Lipinski definition) is 3. The van der Waals surface area contributed by atoms with Gasteiger partial charge in [0, 0.05) is 11.8 Å². The summed E-state index contributed by atoms with van der Waals surface area (Å²) >= 11 is 0. The molecule has 0 aliphatic carbocycles. The van der Waals surface area contributed by atoms with Crippen molar-refractivity contribution in [1.29, 1.82) is 0 Å². The zero-order valence-corrected chi connectivity index (χ0v) is 12.6. The highest BCUT2D eigenvalue weighted by Gasteiger charge is 2.33. The van der Waals surface area contributed by atoms with E-state index in [9.17, 15) is 18.0 Å². The number of halogens is 3. The first-order valence-electron chi connectivity index (χ1n) is 6.79. The zero-order chi connectivity index (χ0) is 17.3. The maximum absolute atomic E-state index is 12.6. The molecule has 0 radical (unpaired) electrons. The molecular weight excluding hydrogens is 311 g/mol. The summed E-state index contributed by atoms with van der Waals surface area (Å²) in [5.74, 6) is -0.436. The number of benzene rings is 1. The summed E-state index contributed by atoms with van der Waals surface area (Å²) in [4.78, 5) is 12.1. The molecule has 0 aliphatic heterocycles. The predicted molar refractivity (Wildman–Crippen MR) is 77.2 cm³/mol. The first-order chi connectivity index (χ1) is 10.6. The molecule has 5 nitrogen and oxygen atoms in total. The second-order valence-corrected chi connectivity index (χ2v) is 5.69. The molecule has 0 saturated heterocycles. The van der Waals surface area contributed by atoms with Crippen molar-refractivity contribution < 1.29 is 23.1 Å². The number of rotatable bonds is 4. The number of carbonyl (C=O) groups excluding carboxylic acids is 1. The highest BCUT2D eigenvalue weighted by molar-refractivity contribution is 5.95. The molecule has 124 valence electrons. The largest absolute Gasteiger partial charge is 0.435 e. The fourth-order valence-electron chi connectivity index (χ4n) is 1.83. The van der Waals surface area contributed by atoms with E-state index in [-0.39, 0.29) is 12.2 Å². The Kier molecular flexibility index (Phi) is 4.46. The standard InChI is InChI=1S/C15H16F3N3O2/c1-14(2,9-22)19-13(23)10-4-3-5-11(8-10)21-7-6-12(20-21)15(16,17)18/h3-8,22H,9H2,1-2H3,(H,19,23). The van der Waals surface area contributed by atoms with Gasteiger partial charge in [-0.05, 0) is 38.1 Å². The van der Waals surface area contributed by atoms with Gasteiger partial charge in [0.05, 0.1) is 17.8 Å². The Labute approximate surface area is 130 Å². The summed E-state index contributed by atoms with van der Waals surface area (Å²) in [6.45, 7) is 3.06. The van der Waals surface area contributed by atoms with Crippen LogP contribution < -0.4 is 5.32 Å². The van der Waals surface area contributed by atoms with Crippen LogP contribution in [0.4, 0.5) is 13.2 Å². The highest BCUT2D eigenvalue weighted by Crippen LogP contribution is 2.27. The van der Waals surface area contributed by atoms with Gasteiger partial charge in [-0.2, -0.15) is 18.3 Å². The topological polar surface area (TPSA) is 67.2 Å². The van der Waals surface area contributed by atoms with Crippen molar-refractivity contribution in [2.24, 2.45) is 0 Å². The molecule has 2 aromatic rings. The minimum atomic E-state index is -4.52. The Morgan fingerprint density at radius 3 is 2.57 bits per heavy atom. The average molecular weight is 327 g/mol. The van der Waals surface area contributed by atoms with Gasteiger partial charge in [-0.3, -0.25) is 4.79 Å². The normalized spacial score (nSPS) is 12.3. The molecule has 2 rings (SSSR count). The molecule has 1 aromatic heterocycles. The summed E-state index contributed by atoms with van der Waals surface area (Å²) < 4.78 is 38.8. The van der Waals surface area contributed by atoms with Crippen molar-refractivity contribution in [3.63, 3.8) is 0 Å². The lowest BCUT2D eigenvalue weighted by molar-refractivity contribution is -0.141. The number of hydrogen-bond donors (Lipinski definition) is 2. The van der Waals surface area contributed by atoms with E-state index in [1.165, 1.54) is 18.3 Å². The number of carbonyl (C=O) groups is 1. The molecule has 1 amide bonds. The Balaban J connectivity index is 2.27. The highest BCUT2D eigenvalue weighted by atomic mass is 19.4. The molecule has 23 heavy (non-hydrogen) atoms. The van der Waals surface area contributed by atoms with Gasteiger partial charge in [-0.1, -0.05) is 6.07 Å². The second-order valence-electron chi connectivity index (χ2n) is 5.69. The van der Waals surface area contributed by atoms with E-state index in [0.29, 0.717) is 5.69 Å². The Hall–Kier alpha value is -2.35. The molecule has 1 heterocycles. The fourth-order valence-corrected chi connectivity index (χ4v) is 1.83. The SMILES string of the molecule is CC(C)(CO)NC(=O)c1cccc(-n2ccc(C(F)(F)F)n2)c1. The Bertz CT molecular complexity index is 708. The fraction of sp³-hybridized carbons (Fsp3) is 0.333. The van der Waals surface area contributed by atoms with Crippen LogP contribution in [0.15, 0.2) is 36.5 Å². The van der Waals surface area contributed by atoms with E-state index in [1.807, 2.05) is 0 Å². The summed E-state index contributed by atoms with van der Waals surface area (Å²) in [5.41, 5.74) is -1.22. The van der Waals surface area contributed by atoms with Gasteiger partial charge in [0.1, 0.15) is 0 Å². The third-order valence-electron chi connectivity index (χ3n) is 3.10. The molecule has 0 aliphatic rings. The maximum Gasteiger partial charge on any atom is 0.435 e. The van der Waals surface area contributed by atoms with E-state index >= 15 is 0 Å². The van der Waals surface area contributed by atoms with Crippen LogP contribution in [0.3, 0.4) is 0 Å². The number of aromatic nitrogens is 2. The second kappa shape index (κ2) is 6.04. The molecule has 0 unspecified atom stereocenters. The minimum absolute atomic E-state index is 0.244. The molecule has 8 heteroatoms. The van der Waals surface area contributed by atoms with Crippen LogP contribution in [0, 0.1) is 0 Å². The molecule has 0 fully saturated rings. The molecule has 2 N–H and O–H groups in total.